The van der Waals surface area contributed by atoms with Crippen LogP contribution in [0.1, 0.15) is 120 Å². The van der Waals surface area contributed by atoms with Crippen LogP contribution in [-0.4, -0.2) is 26.4 Å². The van der Waals surface area contributed by atoms with E-state index < -0.39 is 10.8 Å². The van der Waals surface area contributed by atoms with Crippen LogP contribution in [0.5, 0.6) is 23.0 Å². The van der Waals surface area contributed by atoms with E-state index in [2.05, 4.69) is 46.9 Å². The summed E-state index contributed by atoms with van der Waals surface area (Å²) in [7, 11) is 0. The summed E-state index contributed by atoms with van der Waals surface area (Å²) in [5.74, 6) is 2.15. The van der Waals surface area contributed by atoms with Gasteiger partial charge in [-0.2, -0.15) is 0 Å². The average molecular weight is 958 g/mol. The van der Waals surface area contributed by atoms with Crippen molar-refractivity contribution in [2.75, 3.05) is 26.4 Å². The molecule has 0 amide bonds. The molecule has 0 saturated carbocycles. The number of allylic oxidation sites excluding steroid dienone is 2. The Hall–Kier alpha value is -2.41. The molecule has 0 saturated heterocycles. The van der Waals surface area contributed by atoms with Gasteiger partial charge in [-0.25, -0.2) is 0 Å². The molecule has 0 spiro atoms. The molecular weight excluding hydrogens is 901 g/mol. The molecule has 0 aromatic heterocycles. The first-order chi connectivity index (χ1) is 28.5. The zero-order valence-corrected chi connectivity index (χ0v) is 40.7. The fourth-order valence-corrected chi connectivity index (χ4v) is 8.93. The number of unbranched alkanes of at least 4 members (excludes halogenated alkanes) is 7. The lowest BCUT2D eigenvalue weighted by Crippen LogP contribution is -2.19. The zero-order chi connectivity index (χ0) is 44.0. The van der Waals surface area contributed by atoms with Gasteiger partial charge in [0.2, 0.25) is 0 Å². The Bertz CT molecular complexity index is 1840. The van der Waals surface area contributed by atoms with Gasteiger partial charge in [0, 0.05) is 10.8 Å². The highest BCUT2D eigenvalue weighted by Gasteiger charge is 2.29. The van der Waals surface area contributed by atoms with Crippen LogP contribution in [0.15, 0.2) is 73.8 Å². The summed E-state index contributed by atoms with van der Waals surface area (Å²) in [6.07, 6.45) is 13.1. The molecule has 60 heavy (non-hydrogen) atoms. The van der Waals surface area contributed by atoms with E-state index in [9.17, 15) is 0 Å². The Morgan fingerprint density at radius 2 is 0.650 bits per heavy atom. The molecule has 0 unspecified atom stereocenters. The van der Waals surface area contributed by atoms with Gasteiger partial charge in [0.05, 0.1) is 61.6 Å². The lowest BCUT2D eigenvalue weighted by Gasteiger charge is -2.28. The quantitative estimate of drug-likeness (QED) is 0.0490. The lowest BCUT2D eigenvalue weighted by molar-refractivity contribution is 0.288. The van der Waals surface area contributed by atoms with Crippen LogP contribution in [0.2, 0.25) is 35.2 Å². The predicted molar refractivity (Wildman–Crippen MR) is 258 cm³/mol. The third-order valence-electron chi connectivity index (χ3n) is 10.7. The molecule has 0 aliphatic rings. The molecule has 0 aliphatic heterocycles. The number of hydrogen-bond donors (Lipinski definition) is 0. The van der Waals surface area contributed by atoms with Crippen LogP contribution in [0.3, 0.4) is 0 Å². The number of aryl methyl sites for hydroxylation is 1. The van der Waals surface area contributed by atoms with Gasteiger partial charge in [0.25, 0.3) is 0 Å². The number of halogens is 7. The standard InChI is InChI=1S/C49H57Cl7O4/c1-8-10-12-16-20-57-44-32(3)24-33(25-37(44)50)48(4,5)34-26-38(51)46(39(52)27-34)59-22-18-14-15-19-23-60-47-42(55)30-36(31-43(47)56)49(6,7)35-28-40(53)45(41(54)29-35)58-21-17-13-11-9-2/h8-9,24-31H,1-2,10-23H2,3-7H3. The predicted octanol–water partition coefficient (Wildman–Crippen LogP) is 17.7. The van der Waals surface area contributed by atoms with Crippen molar-refractivity contribution in [3.8, 4) is 23.0 Å². The largest absolute Gasteiger partial charge is 0.492 e. The first-order valence-corrected chi connectivity index (χ1v) is 23.2. The van der Waals surface area contributed by atoms with Crippen LogP contribution in [0.4, 0.5) is 0 Å². The highest BCUT2D eigenvalue weighted by atomic mass is 35.5. The normalized spacial score (nSPS) is 11.7. The van der Waals surface area contributed by atoms with E-state index in [0.717, 1.165) is 97.8 Å². The number of benzene rings is 4. The van der Waals surface area contributed by atoms with E-state index in [4.69, 9.17) is 100 Å². The smallest absolute Gasteiger partial charge is 0.156 e. The summed E-state index contributed by atoms with van der Waals surface area (Å²) in [4.78, 5) is 0. The van der Waals surface area contributed by atoms with E-state index in [1.54, 1.807) is 0 Å². The summed E-state index contributed by atoms with van der Waals surface area (Å²) in [6.45, 7) is 20.0. The Morgan fingerprint density at radius 1 is 0.400 bits per heavy atom. The molecule has 0 fully saturated rings. The third kappa shape index (κ3) is 13.5. The zero-order valence-electron chi connectivity index (χ0n) is 35.4. The Balaban J connectivity index is 1.25. The van der Waals surface area contributed by atoms with Crippen LogP contribution in [0, 0.1) is 6.92 Å². The van der Waals surface area contributed by atoms with Gasteiger partial charge in [0.15, 0.2) is 17.2 Å². The minimum Gasteiger partial charge on any atom is -0.492 e. The molecule has 0 N–H and O–H groups in total. The van der Waals surface area contributed by atoms with Gasteiger partial charge in [-0.05, 0) is 141 Å². The van der Waals surface area contributed by atoms with E-state index in [1.807, 2.05) is 61.5 Å². The molecule has 0 aliphatic carbocycles. The second kappa shape index (κ2) is 23.9. The Labute approximate surface area is 393 Å². The first kappa shape index (κ1) is 50.2. The fraction of sp³-hybridized carbons (Fsp3) is 0.429. The third-order valence-corrected chi connectivity index (χ3v) is 12.7. The molecule has 4 aromatic carbocycles. The van der Waals surface area contributed by atoms with E-state index in [-0.39, 0.29) is 0 Å². The molecule has 0 radical (unpaired) electrons. The monoisotopic (exact) mass is 954 g/mol. The van der Waals surface area contributed by atoms with Gasteiger partial charge in [-0.1, -0.05) is 127 Å². The molecule has 4 rings (SSSR count). The van der Waals surface area contributed by atoms with Crippen molar-refractivity contribution in [1.29, 1.82) is 0 Å². The molecule has 4 nitrogen and oxygen atoms in total. The molecule has 0 atom stereocenters. The van der Waals surface area contributed by atoms with Gasteiger partial charge < -0.3 is 18.9 Å². The Morgan fingerprint density at radius 3 is 0.933 bits per heavy atom. The number of ether oxygens (including phenoxy) is 4. The van der Waals surface area contributed by atoms with Crippen molar-refractivity contribution >= 4 is 81.2 Å². The highest BCUT2D eigenvalue weighted by Crippen LogP contribution is 2.45. The lowest BCUT2D eigenvalue weighted by atomic mass is 9.77. The summed E-state index contributed by atoms with van der Waals surface area (Å²) in [5.41, 5.74) is 3.82. The van der Waals surface area contributed by atoms with Gasteiger partial charge in [-0.3, -0.25) is 0 Å². The molecular formula is C49H57Cl7O4. The Kier molecular flexibility index (Phi) is 20.0. The van der Waals surface area contributed by atoms with E-state index in [0.29, 0.717) is 78.8 Å². The van der Waals surface area contributed by atoms with Gasteiger partial charge in [-0.15, -0.1) is 13.2 Å². The maximum absolute atomic E-state index is 6.77. The minimum absolute atomic E-state index is 0.435. The maximum atomic E-state index is 6.77. The van der Waals surface area contributed by atoms with E-state index >= 15 is 0 Å². The van der Waals surface area contributed by atoms with Gasteiger partial charge in [0.1, 0.15) is 5.75 Å². The van der Waals surface area contributed by atoms with Crippen LogP contribution in [0.25, 0.3) is 0 Å². The van der Waals surface area contributed by atoms with Crippen molar-refractivity contribution in [3.63, 3.8) is 0 Å². The second-order valence-corrected chi connectivity index (χ2v) is 18.9. The number of hydrogen-bond acceptors (Lipinski definition) is 4. The van der Waals surface area contributed by atoms with Crippen molar-refractivity contribution in [3.05, 3.63) is 137 Å². The molecule has 4 aromatic rings. The summed E-state index contributed by atoms with van der Waals surface area (Å²) < 4.78 is 24.1. The summed E-state index contributed by atoms with van der Waals surface area (Å²) in [6, 6.07) is 15.4. The van der Waals surface area contributed by atoms with Crippen LogP contribution in [-0.2, 0) is 10.8 Å². The van der Waals surface area contributed by atoms with Crippen LogP contribution >= 0.6 is 81.2 Å². The molecule has 11 heteroatoms. The number of rotatable bonds is 25. The minimum atomic E-state index is -0.515. The fourth-order valence-electron chi connectivity index (χ4n) is 6.82. The maximum Gasteiger partial charge on any atom is 0.156 e. The summed E-state index contributed by atoms with van der Waals surface area (Å²) in [5, 5.41) is 3.29. The van der Waals surface area contributed by atoms with Crippen molar-refractivity contribution in [1.82, 2.24) is 0 Å². The summed E-state index contributed by atoms with van der Waals surface area (Å²) >= 11 is 47.1. The van der Waals surface area contributed by atoms with Crippen molar-refractivity contribution < 1.29 is 18.9 Å². The topological polar surface area (TPSA) is 36.9 Å². The molecule has 326 valence electrons. The SMILES string of the molecule is C=CCCCCOc1c(C)cc(C(C)(C)c2cc(Cl)c(OCCCCCCOc3c(Cl)cc(C(C)(C)c4cc(Cl)c(OCCCCC=C)c(Cl)c4)cc3Cl)c(Cl)c2)cc1Cl. The highest BCUT2D eigenvalue weighted by molar-refractivity contribution is 6.38. The van der Waals surface area contributed by atoms with Crippen LogP contribution < -0.4 is 18.9 Å². The second-order valence-electron chi connectivity index (χ2n) is 16.0. The first-order valence-electron chi connectivity index (χ1n) is 20.5. The van der Waals surface area contributed by atoms with Crippen molar-refractivity contribution in [2.24, 2.45) is 0 Å². The average Bonchev–Trinajstić information content (AvgIpc) is 3.18. The van der Waals surface area contributed by atoms with Gasteiger partial charge >= 0.3 is 0 Å². The van der Waals surface area contributed by atoms with Crippen molar-refractivity contribution in [2.45, 2.75) is 110 Å². The molecule has 0 bridgehead atoms. The van der Waals surface area contributed by atoms with E-state index in [1.165, 1.54) is 0 Å². The molecule has 0 heterocycles.